The van der Waals surface area contributed by atoms with Gasteiger partial charge in [-0.2, -0.15) is 0 Å². The maximum absolute atomic E-state index is 11.8. The second-order valence-corrected chi connectivity index (χ2v) is 5.05. The molecule has 2 rings (SSSR count). The summed E-state index contributed by atoms with van der Waals surface area (Å²) in [4.78, 5) is 27.8. The normalized spacial score (nSPS) is 10.1. The number of aromatic carboxylic acids is 1. The van der Waals surface area contributed by atoms with Crippen LogP contribution in [-0.4, -0.2) is 22.1 Å². The Kier molecular flexibility index (Phi) is 4.31. The van der Waals surface area contributed by atoms with Gasteiger partial charge in [-0.3, -0.25) is 4.98 Å². The van der Waals surface area contributed by atoms with Crippen LogP contribution in [0.25, 0.3) is 0 Å². The van der Waals surface area contributed by atoms with Crippen LogP contribution in [0.3, 0.4) is 0 Å². The summed E-state index contributed by atoms with van der Waals surface area (Å²) in [5.41, 5.74) is 2.75. The fourth-order valence-corrected chi connectivity index (χ4v) is 2.20. The second-order valence-electron chi connectivity index (χ2n) is 4.08. The molecule has 104 valence electrons. The van der Waals surface area contributed by atoms with Crippen molar-refractivity contribution in [3.05, 3.63) is 45.9 Å². The third-order valence-electron chi connectivity index (χ3n) is 2.65. The Bertz CT molecular complexity index is 626. The molecule has 0 saturated heterocycles. The number of para-hydroxylation sites is 1. The van der Waals surface area contributed by atoms with E-state index in [9.17, 15) is 9.59 Å². The molecular weight excluding hydrogens is 278 g/mol. The number of carbonyl (C=O) groups is 2. The van der Waals surface area contributed by atoms with E-state index in [-0.39, 0.29) is 5.56 Å². The summed E-state index contributed by atoms with van der Waals surface area (Å²) in [5, 5.41) is 14.3. The predicted molar refractivity (Wildman–Crippen MR) is 76.1 cm³/mol. The number of urea groups is 1. The van der Waals surface area contributed by atoms with Crippen LogP contribution < -0.4 is 10.6 Å². The molecule has 7 heteroatoms. The van der Waals surface area contributed by atoms with Crippen LogP contribution in [-0.2, 0) is 6.54 Å². The van der Waals surface area contributed by atoms with Gasteiger partial charge in [-0.15, -0.1) is 11.3 Å². The number of carbonyl (C=O) groups excluding carboxylic acids is 1. The topological polar surface area (TPSA) is 91.3 Å². The highest BCUT2D eigenvalue weighted by atomic mass is 32.1. The molecular formula is C13H13N3O3S. The number of benzene rings is 1. The van der Waals surface area contributed by atoms with Gasteiger partial charge in [-0.25, -0.2) is 9.59 Å². The van der Waals surface area contributed by atoms with Gasteiger partial charge in [0.05, 0.1) is 23.3 Å². The van der Waals surface area contributed by atoms with E-state index in [1.54, 1.807) is 30.8 Å². The van der Waals surface area contributed by atoms with Crippen molar-refractivity contribution in [3.63, 3.8) is 0 Å². The van der Waals surface area contributed by atoms with Crippen molar-refractivity contribution in [2.75, 3.05) is 5.32 Å². The van der Waals surface area contributed by atoms with E-state index in [0.717, 1.165) is 4.88 Å². The van der Waals surface area contributed by atoms with E-state index < -0.39 is 12.0 Å². The number of hydrogen-bond acceptors (Lipinski definition) is 4. The summed E-state index contributed by atoms with van der Waals surface area (Å²) < 4.78 is 0. The minimum Gasteiger partial charge on any atom is -0.478 e. The third-order valence-corrected chi connectivity index (χ3v) is 3.43. The summed E-state index contributed by atoms with van der Waals surface area (Å²) in [6.45, 7) is 2.09. The van der Waals surface area contributed by atoms with Crippen molar-refractivity contribution in [3.8, 4) is 0 Å². The Balaban J connectivity index is 2.06. The lowest BCUT2D eigenvalue weighted by molar-refractivity contribution is 0.0698. The first-order valence-corrected chi connectivity index (χ1v) is 6.71. The average molecular weight is 291 g/mol. The summed E-state index contributed by atoms with van der Waals surface area (Å²) in [6, 6.07) is 4.38. The minimum absolute atomic E-state index is 0.0675. The molecule has 0 spiro atoms. The number of rotatable bonds is 4. The first-order valence-electron chi connectivity index (χ1n) is 5.83. The summed E-state index contributed by atoms with van der Waals surface area (Å²) in [6.07, 6.45) is 1.67. The highest BCUT2D eigenvalue weighted by Gasteiger charge is 2.14. The maximum atomic E-state index is 11.8. The van der Waals surface area contributed by atoms with Gasteiger partial charge in [0.2, 0.25) is 0 Å². The number of nitrogens with one attached hydrogen (secondary N) is 2. The van der Waals surface area contributed by atoms with Crippen molar-refractivity contribution >= 4 is 29.0 Å². The van der Waals surface area contributed by atoms with Crippen molar-refractivity contribution < 1.29 is 14.7 Å². The van der Waals surface area contributed by atoms with Crippen LogP contribution in [0.15, 0.2) is 29.9 Å². The van der Waals surface area contributed by atoms with Crippen LogP contribution in [0.5, 0.6) is 0 Å². The third kappa shape index (κ3) is 3.33. The Morgan fingerprint density at radius 3 is 2.85 bits per heavy atom. The van der Waals surface area contributed by atoms with E-state index in [4.69, 9.17) is 5.11 Å². The summed E-state index contributed by atoms with van der Waals surface area (Å²) in [5.74, 6) is -1.08. The first kappa shape index (κ1) is 14.0. The molecule has 1 aromatic heterocycles. The van der Waals surface area contributed by atoms with Gasteiger partial charge in [0.1, 0.15) is 0 Å². The zero-order chi connectivity index (χ0) is 14.5. The Labute approximate surface area is 119 Å². The number of aromatic nitrogens is 1. The number of amides is 2. The molecule has 0 bridgehead atoms. The molecule has 0 fully saturated rings. The van der Waals surface area contributed by atoms with Gasteiger partial charge in [0.25, 0.3) is 0 Å². The van der Waals surface area contributed by atoms with E-state index in [1.807, 2.05) is 0 Å². The maximum Gasteiger partial charge on any atom is 0.337 e. The molecule has 6 nitrogen and oxygen atoms in total. The van der Waals surface area contributed by atoms with E-state index in [1.165, 1.54) is 17.4 Å². The van der Waals surface area contributed by atoms with Crippen molar-refractivity contribution in [1.82, 2.24) is 10.3 Å². The number of carboxylic acids is 1. The van der Waals surface area contributed by atoms with Crippen LogP contribution in [0.4, 0.5) is 10.5 Å². The molecule has 0 atom stereocenters. The fraction of sp³-hybridized carbons (Fsp3) is 0.154. The molecule has 20 heavy (non-hydrogen) atoms. The number of carboxylic acid groups (broad SMARTS) is 1. The Morgan fingerprint density at radius 1 is 1.40 bits per heavy atom. The minimum atomic E-state index is -1.08. The number of anilines is 1. The van der Waals surface area contributed by atoms with E-state index in [0.29, 0.717) is 17.8 Å². The van der Waals surface area contributed by atoms with Gasteiger partial charge >= 0.3 is 12.0 Å². The average Bonchev–Trinajstić information content (AvgIpc) is 2.91. The smallest absolute Gasteiger partial charge is 0.337 e. The lowest BCUT2D eigenvalue weighted by Crippen LogP contribution is -2.29. The fourth-order valence-electron chi connectivity index (χ4n) is 1.67. The highest BCUT2D eigenvalue weighted by Crippen LogP contribution is 2.20. The zero-order valence-corrected chi connectivity index (χ0v) is 11.5. The van der Waals surface area contributed by atoms with Crippen LogP contribution in [0.2, 0.25) is 0 Å². The SMILES string of the molecule is Cc1cccc(C(=O)O)c1NC(=O)NCc1cncs1. The van der Waals surface area contributed by atoms with Crippen LogP contribution in [0, 0.1) is 6.92 Å². The Morgan fingerprint density at radius 2 is 2.20 bits per heavy atom. The van der Waals surface area contributed by atoms with Crippen molar-refractivity contribution in [2.24, 2.45) is 0 Å². The molecule has 0 radical (unpaired) electrons. The molecule has 3 N–H and O–H groups in total. The molecule has 2 aromatic rings. The molecule has 0 aliphatic rings. The molecule has 2 amide bonds. The molecule has 0 saturated carbocycles. The molecule has 0 aliphatic heterocycles. The quantitative estimate of drug-likeness (QED) is 0.807. The van der Waals surface area contributed by atoms with E-state index in [2.05, 4.69) is 15.6 Å². The molecule has 0 unspecified atom stereocenters. The van der Waals surface area contributed by atoms with Crippen LogP contribution >= 0.6 is 11.3 Å². The summed E-state index contributed by atoms with van der Waals surface area (Å²) >= 11 is 1.43. The van der Waals surface area contributed by atoms with Gasteiger partial charge < -0.3 is 15.7 Å². The largest absolute Gasteiger partial charge is 0.478 e. The number of nitrogens with zero attached hydrogens (tertiary/aromatic N) is 1. The van der Waals surface area contributed by atoms with Gasteiger partial charge in [-0.1, -0.05) is 12.1 Å². The standard InChI is InChI=1S/C13H13N3O3S/c1-8-3-2-4-10(12(17)18)11(8)16-13(19)15-6-9-5-14-7-20-9/h2-5,7H,6H2,1H3,(H,17,18)(H2,15,16,19). The second kappa shape index (κ2) is 6.16. The van der Waals surface area contributed by atoms with Crippen LogP contribution in [0.1, 0.15) is 20.8 Å². The molecule has 1 heterocycles. The number of aryl methyl sites for hydroxylation is 1. The number of thiazole rings is 1. The van der Waals surface area contributed by atoms with Gasteiger partial charge in [0.15, 0.2) is 0 Å². The van der Waals surface area contributed by atoms with Crippen molar-refractivity contribution in [1.29, 1.82) is 0 Å². The highest BCUT2D eigenvalue weighted by molar-refractivity contribution is 7.09. The van der Waals surface area contributed by atoms with Crippen molar-refractivity contribution in [2.45, 2.75) is 13.5 Å². The lowest BCUT2D eigenvalue weighted by atomic mass is 10.1. The zero-order valence-electron chi connectivity index (χ0n) is 10.7. The predicted octanol–water partition coefficient (Wildman–Crippen LogP) is 2.47. The molecule has 1 aromatic carbocycles. The molecule has 0 aliphatic carbocycles. The first-order chi connectivity index (χ1) is 9.58. The summed E-state index contributed by atoms with van der Waals surface area (Å²) in [7, 11) is 0. The monoisotopic (exact) mass is 291 g/mol. The van der Waals surface area contributed by atoms with E-state index >= 15 is 0 Å². The van der Waals surface area contributed by atoms with Gasteiger partial charge in [0, 0.05) is 11.1 Å². The van der Waals surface area contributed by atoms with Gasteiger partial charge in [-0.05, 0) is 18.6 Å². The number of hydrogen-bond donors (Lipinski definition) is 3. The lowest BCUT2D eigenvalue weighted by Gasteiger charge is -2.12. The Hall–Kier alpha value is -2.41.